The topological polar surface area (TPSA) is 84.6 Å². The molecule has 1 heterocycles. The molecule has 18 heavy (non-hydrogen) atoms. The van der Waals surface area contributed by atoms with E-state index in [4.69, 9.17) is 10.5 Å². The van der Waals surface area contributed by atoms with Gasteiger partial charge in [-0.05, 0) is 38.5 Å². The van der Waals surface area contributed by atoms with E-state index in [1.54, 1.807) is 0 Å². The fourth-order valence-electron chi connectivity index (χ4n) is 2.84. The van der Waals surface area contributed by atoms with Gasteiger partial charge in [-0.15, -0.1) is 0 Å². The highest BCUT2D eigenvalue weighted by atomic mass is 16.5. The average molecular weight is 256 g/mol. The van der Waals surface area contributed by atoms with E-state index in [2.05, 4.69) is 5.32 Å². The summed E-state index contributed by atoms with van der Waals surface area (Å²) in [7, 11) is 0. The van der Waals surface area contributed by atoms with Crippen LogP contribution in [-0.2, 0) is 9.53 Å². The second kappa shape index (κ2) is 5.99. The van der Waals surface area contributed by atoms with Crippen LogP contribution in [0.2, 0.25) is 0 Å². The Kier molecular flexibility index (Phi) is 4.59. The highest BCUT2D eigenvalue weighted by molar-refractivity contribution is 5.83. The number of hydrogen-bond acceptors (Lipinski definition) is 4. The van der Waals surface area contributed by atoms with Gasteiger partial charge in [0.05, 0.1) is 11.5 Å². The first kappa shape index (κ1) is 13.8. The second-order valence-corrected chi connectivity index (χ2v) is 5.58. The lowest BCUT2D eigenvalue weighted by Gasteiger charge is -2.37. The maximum atomic E-state index is 12.4. The van der Waals surface area contributed by atoms with Crippen LogP contribution in [0.3, 0.4) is 0 Å². The molecule has 1 amide bonds. The van der Waals surface area contributed by atoms with Crippen LogP contribution in [0, 0.1) is 5.41 Å². The Morgan fingerprint density at radius 2 is 1.89 bits per heavy atom. The van der Waals surface area contributed by atoms with Crippen LogP contribution in [0.5, 0.6) is 0 Å². The summed E-state index contributed by atoms with van der Waals surface area (Å²) in [6.45, 7) is 1.62. The zero-order valence-corrected chi connectivity index (χ0v) is 10.9. The van der Waals surface area contributed by atoms with Crippen LogP contribution >= 0.6 is 0 Å². The minimum Gasteiger partial charge on any atom is -0.393 e. The van der Waals surface area contributed by atoms with Crippen molar-refractivity contribution in [3.8, 4) is 0 Å². The Bertz CT molecular complexity index is 282. The molecule has 1 saturated heterocycles. The van der Waals surface area contributed by atoms with Gasteiger partial charge in [-0.25, -0.2) is 0 Å². The normalized spacial score (nSPS) is 31.9. The summed E-state index contributed by atoms with van der Waals surface area (Å²) in [4.78, 5) is 12.4. The van der Waals surface area contributed by atoms with Crippen molar-refractivity contribution >= 4 is 5.91 Å². The number of nitrogens with one attached hydrogen (secondary N) is 1. The van der Waals surface area contributed by atoms with Crippen molar-refractivity contribution in [2.24, 2.45) is 11.1 Å². The molecule has 1 saturated carbocycles. The van der Waals surface area contributed by atoms with Gasteiger partial charge in [-0.3, -0.25) is 4.79 Å². The second-order valence-electron chi connectivity index (χ2n) is 5.58. The Balaban J connectivity index is 1.89. The molecule has 1 aliphatic carbocycles. The van der Waals surface area contributed by atoms with Crippen LogP contribution in [0.25, 0.3) is 0 Å². The smallest absolute Gasteiger partial charge is 0.227 e. The minimum atomic E-state index is -0.436. The van der Waals surface area contributed by atoms with Gasteiger partial charge in [0, 0.05) is 25.8 Å². The lowest BCUT2D eigenvalue weighted by Crippen LogP contribution is -2.52. The van der Waals surface area contributed by atoms with Gasteiger partial charge < -0.3 is 20.9 Å². The number of aliphatic hydroxyl groups is 1. The lowest BCUT2D eigenvalue weighted by atomic mass is 9.78. The Labute approximate surface area is 108 Å². The van der Waals surface area contributed by atoms with Gasteiger partial charge in [0.15, 0.2) is 0 Å². The van der Waals surface area contributed by atoms with Gasteiger partial charge in [0.2, 0.25) is 5.91 Å². The Morgan fingerprint density at radius 3 is 2.44 bits per heavy atom. The van der Waals surface area contributed by atoms with Gasteiger partial charge in [-0.1, -0.05) is 0 Å². The number of rotatable bonds is 3. The van der Waals surface area contributed by atoms with Crippen molar-refractivity contribution in [3.05, 3.63) is 0 Å². The number of aliphatic hydroxyl groups excluding tert-OH is 1. The van der Waals surface area contributed by atoms with Gasteiger partial charge in [-0.2, -0.15) is 0 Å². The summed E-state index contributed by atoms with van der Waals surface area (Å²) < 4.78 is 5.31. The monoisotopic (exact) mass is 256 g/mol. The van der Waals surface area contributed by atoms with Crippen LogP contribution < -0.4 is 11.1 Å². The number of nitrogens with two attached hydrogens (primary N) is 1. The van der Waals surface area contributed by atoms with Crippen molar-refractivity contribution in [1.29, 1.82) is 0 Å². The Hall–Kier alpha value is -0.650. The van der Waals surface area contributed by atoms with E-state index in [-0.39, 0.29) is 18.1 Å². The number of amides is 1. The van der Waals surface area contributed by atoms with Crippen molar-refractivity contribution in [2.45, 2.75) is 50.7 Å². The Morgan fingerprint density at radius 1 is 1.28 bits per heavy atom. The molecule has 4 N–H and O–H groups in total. The fourth-order valence-corrected chi connectivity index (χ4v) is 2.84. The molecule has 1 aliphatic heterocycles. The van der Waals surface area contributed by atoms with Crippen molar-refractivity contribution in [2.75, 3.05) is 19.8 Å². The first-order valence-corrected chi connectivity index (χ1v) is 6.93. The molecule has 0 spiro atoms. The molecule has 2 aliphatic rings. The van der Waals surface area contributed by atoms with Crippen LogP contribution in [0.15, 0.2) is 0 Å². The zero-order valence-electron chi connectivity index (χ0n) is 10.9. The molecule has 0 unspecified atom stereocenters. The highest BCUT2D eigenvalue weighted by Gasteiger charge is 2.39. The van der Waals surface area contributed by atoms with Crippen molar-refractivity contribution in [1.82, 2.24) is 5.32 Å². The van der Waals surface area contributed by atoms with E-state index >= 15 is 0 Å². The third kappa shape index (κ3) is 3.02. The molecule has 0 atom stereocenters. The maximum absolute atomic E-state index is 12.4. The molecular formula is C13H24N2O3. The summed E-state index contributed by atoms with van der Waals surface area (Å²) in [5, 5.41) is 12.6. The summed E-state index contributed by atoms with van der Waals surface area (Å²) >= 11 is 0. The van der Waals surface area contributed by atoms with E-state index in [1.165, 1.54) is 0 Å². The maximum Gasteiger partial charge on any atom is 0.227 e. The van der Waals surface area contributed by atoms with Gasteiger partial charge in [0.25, 0.3) is 0 Å². The molecule has 0 radical (unpaired) electrons. The van der Waals surface area contributed by atoms with Gasteiger partial charge in [0.1, 0.15) is 0 Å². The molecule has 5 heteroatoms. The SMILES string of the molecule is NCC1(C(=O)NC2CCC(O)CC2)CCOCC1. The summed E-state index contributed by atoms with van der Waals surface area (Å²) in [6.07, 6.45) is 4.53. The number of carbonyl (C=O) groups is 1. The molecule has 0 bridgehead atoms. The van der Waals surface area contributed by atoms with E-state index in [0.717, 1.165) is 25.7 Å². The average Bonchev–Trinajstić information content (AvgIpc) is 2.42. The molecule has 0 aromatic heterocycles. The van der Waals surface area contributed by atoms with E-state index in [9.17, 15) is 9.90 Å². The zero-order chi connectivity index (χ0) is 13.0. The molecule has 104 valence electrons. The standard InChI is InChI=1S/C13H24N2O3/c14-9-13(5-7-18-8-6-13)12(17)15-10-1-3-11(16)4-2-10/h10-11,16H,1-9,14H2,(H,15,17). The molecule has 0 aromatic carbocycles. The predicted molar refractivity (Wildman–Crippen MR) is 67.9 cm³/mol. The molecule has 0 aromatic rings. The largest absolute Gasteiger partial charge is 0.393 e. The summed E-state index contributed by atoms with van der Waals surface area (Å²) in [5.74, 6) is 0.0784. The fraction of sp³-hybridized carbons (Fsp3) is 0.923. The molecule has 5 nitrogen and oxygen atoms in total. The van der Waals surface area contributed by atoms with E-state index < -0.39 is 5.41 Å². The molecule has 2 fully saturated rings. The minimum absolute atomic E-state index is 0.0784. The lowest BCUT2D eigenvalue weighted by molar-refractivity contribution is -0.137. The van der Waals surface area contributed by atoms with Crippen molar-refractivity contribution < 1.29 is 14.6 Å². The first-order valence-electron chi connectivity index (χ1n) is 6.93. The quantitative estimate of drug-likeness (QED) is 0.671. The number of hydrogen-bond donors (Lipinski definition) is 3. The van der Waals surface area contributed by atoms with Crippen LogP contribution in [-0.4, -0.2) is 42.9 Å². The molecular weight excluding hydrogens is 232 g/mol. The summed E-state index contributed by atoms with van der Waals surface area (Å²) in [6, 6.07) is 0.201. The predicted octanol–water partition coefficient (Wildman–Crippen LogP) is 0.162. The van der Waals surface area contributed by atoms with Crippen LogP contribution in [0.4, 0.5) is 0 Å². The van der Waals surface area contributed by atoms with E-state index in [1.807, 2.05) is 0 Å². The van der Waals surface area contributed by atoms with Crippen LogP contribution in [0.1, 0.15) is 38.5 Å². The third-order valence-corrected chi connectivity index (χ3v) is 4.35. The third-order valence-electron chi connectivity index (χ3n) is 4.35. The highest BCUT2D eigenvalue weighted by Crippen LogP contribution is 2.30. The van der Waals surface area contributed by atoms with E-state index in [0.29, 0.717) is 32.6 Å². The van der Waals surface area contributed by atoms with Gasteiger partial charge >= 0.3 is 0 Å². The molecule has 2 rings (SSSR count). The first-order chi connectivity index (χ1) is 8.66. The number of ether oxygens (including phenoxy) is 1. The summed E-state index contributed by atoms with van der Waals surface area (Å²) in [5.41, 5.74) is 5.37. The van der Waals surface area contributed by atoms with Crippen molar-refractivity contribution in [3.63, 3.8) is 0 Å². The number of carbonyl (C=O) groups excluding carboxylic acids is 1.